The van der Waals surface area contributed by atoms with Gasteiger partial charge < -0.3 is 15.4 Å². The summed E-state index contributed by atoms with van der Waals surface area (Å²) in [6.07, 6.45) is 15.0. The lowest BCUT2D eigenvalue weighted by Gasteiger charge is -2.36. The summed E-state index contributed by atoms with van der Waals surface area (Å²) in [5.74, 6) is 3.02. The molecule has 0 radical (unpaired) electrons. The van der Waals surface area contributed by atoms with E-state index >= 15 is 0 Å². The highest BCUT2D eigenvalue weighted by molar-refractivity contribution is 5.93. The highest BCUT2D eigenvalue weighted by atomic mass is 16.5. The number of pyridine rings is 1. The highest BCUT2D eigenvalue weighted by Gasteiger charge is 2.31. The number of nitrogens with one attached hydrogen (secondary N) is 2. The predicted octanol–water partition coefficient (Wildman–Crippen LogP) is 3.75. The molecule has 1 saturated heterocycles. The van der Waals surface area contributed by atoms with Gasteiger partial charge in [0.25, 0.3) is 0 Å². The van der Waals surface area contributed by atoms with Gasteiger partial charge in [0.2, 0.25) is 11.9 Å². The van der Waals surface area contributed by atoms with Crippen LogP contribution in [0.3, 0.4) is 0 Å². The van der Waals surface area contributed by atoms with E-state index in [0.29, 0.717) is 48.6 Å². The maximum Gasteiger partial charge on any atom is 0.228 e. The number of rotatable bonds is 11. The predicted molar refractivity (Wildman–Crippen MR) is 167 cm³/mol. The molecule has 0 bridgehead atoms. The second-order valence-electron chi connectivity index (χ2n) is 11.2. The first-order valence-electron chi connectivity index (χ1n) is 15.3. The normalized spacial score (nSPS) is 18.0. The average molecular weight is 606 g/mol. The first kappa shape index (κ1) is 30.0. The fourth-order valence-corrected chi connectivity index (χ4v) is 5.52. The van der Waals surface area contributed by atoms with Crippen LogP contribution in [0.1, 0.15) is 56.2 Å². The molecule has 1 saturated carbocycles. The Labute approximate surface area is 261 Å². The van der Waals surface area contributed by atoms with Gasteiger partial charge in [0.1, 0.15) is 34.9 Å². The van der Waals surface area contributed by atoms with Gasteiger partial charge in [0.15, 0.2) is 0 Å². The molecule has 13 nitrogen and oxygen atoms in total. The van der Waals surface area contributed by atoms with Crippen molar-refractivity contribution in [3.63, 3.8) is 0 Å². The van der Waals surface area contributed by atoms with Gasteiger partial charge in [-0.3, -0.25) is 9.69 Å². The average Bonchev–Trinajstić information content (AvgIpc) is 3.07. The molecule has 1 aliphatic carbocycles. The number of hydrogen-bond acceptors (Lipinski definition) is 12. The molecule has 2 aliphatic rings. The molecule has 4 aromatic rings. The van der Waals surface area contributed by atoms with E-state index in [1.165, 1.54) is 0 Å². The molecule has 2 fully saturated rings. The zero-order valence-electron chi connectivity index (χ0n) is 25.1. The van der Waals surface area contributed by atoms with Crippen molar-refractivity contribution >= 4 is 23.5 Å². The number of hydrogen-bond donors (Lipinski definition) is 2. The van der Waals surface area contributed by atoms with Gasteiger partial charge in [-0.05, 0) is 43.9 Å². The van der Waals surface area contributed by atoms with Crippen LogP contribution in [0.5, 0.6) is 0 Å². The Hall–Kier alpha value is -5.09. The first-order valence-corrected chi connectivity index (χ1v) is 15.3. The summed E-state index contributed by atoms with van der Waals surface area (Å²) < 4.78 is 5.23. The van der Waals surface area contributed by atoms with Crippen molar-refractivity contribution in [1.82, 2.24) is 34.9 Å². The third-order valence-corrected chi connectivity index (χ3v) is 8.08. The Morgan fingerprint density at radius 2 is 1.67 bits per heavy atom. The van der Waals surface area contributed by atoms with Gasteiger partial charge in [-0.2, -0.15) is 10.2 Å². The van der Waals surface area contributed by atoms with E-state index in [2.05, 4.69) is 46.6 Å². The minimum absolute atomic E-state index is 0.0131. The maximum atomic E-state index is 13.8. The van der Waals surface area contributed by atoms with Crippen LogP contribution >= 0.6 is 0 Å². The van der Waals surface area contributed by atoms with Crippen LogP contribution in [-0.4, -0.2) is 72.1 Å². The lowest BCUT2D eigenvalue weighted by molar-refractivity contribution is -0.119. The van der Waals surface area contributed by atoms with E-state index in [4.69, 9.17) is 9.72 Å². The standard InChI is InChI=1S/C32H35N11O2/c1-2-27-36-17-23(18-37-27)21-4-10-29(38-15-21)43(30(44)11-9-28-34-12-3-13-35-28)26-7-5-24(6-8-26)41-32-39-16-22(14-33)31(42-32)40-25-19-45-20-25/h3-4,10,12-13,15-18,24-26H,2,5-9,11,19-20H2,1H3,(H2,39,40,41,42)/t24-,26-. The summed E-state index contributed by atoms with van der Waals surface area (Å²) in [5.41, 5.74) is 2.16. The second-order valence-corrected chi connectivity index (χ2v) is 11.2. The zero-order chi connectivity index (χ0) is 31.0. The molecule has 13 heteroatoms. The van der Waals surface area contributed by atoms with Gasteiger partial charge >= 0.3 is 0 Å². The van der Waals surface area contributed by atoms with Crippen LogP contribution in [0, 0.1) is 11.3 Å². The fourth-order valence-electron chi connectivity index (χ4n) is 5.52. The van der Waals surface area contributed by atoms with E-state index in [1.807, 2.05) is 24.0 Å². The Morgan fingerprint density at radius 3 is 2.31 bits per heavy atom. The topological polar surface area (TPSA) is 168 Å². The van der Waals surface area contributed by atoms with Gasteiger partial charge in [-0.1, -0.05) is 6.92 Å². The Bertz CT molecular complexity index is 1620. The molecular formula is C32H35N11O2. The number of carbonyl (C=O) groups excluding carboxylic acids is 1. The van der Waals surface area contributed by atoms with Crippen LogP contribution in [0.2, 0.25) is 0 Å². The number of aryl methyl sites for hydroxylation is 2. The van der Waals surface area contributed by atoms with Crippen LogP contribution in [-0.2, 0) is 22.4 Å². The first-order chi connectivity index (χ1) is 22.1. The van der Waals surface area contributed by atoms with Crippen LogP contribution < -0.4 is 15.5 Å². The summed E-state index contributed by atoms with van der Waals surface area (Å²) in [7, 11) is 0. The van der Waals surface area contributed by atoms with Crippen LogP contribution in [0.4, 0.5) is 17.6 Å². The summed E-state index contributed by atoms with van der Waals surface area (Å²) in [4.78, 5) is 46.7. The Morgan fingerprint density at radius 1 is 0.911 bits per heavy atom. The summed E-state index contributed by atoms with van der Waals surface area (Å²) in [6, 6.07) is 8.03. The molecule has 1 aliphatic heterocycles. The Kier molecular flexibility index (Phi) is 9.41. The SMILES string of the molecule is CCc1ncc(-c2ccc(N(C(=O)CCc3ncccn3)[C@H]3CC[C@H](Nc4ncc(C#N)c(NC5COC5)n4)CC3)nc2)cn1. The lowest BCUT2D eigenvalue weighted by atomic mass is 9.89. The van der Waals surface area contributed by atoms with Crippen LogP contribution in [0.15, 0.2) is 55.4 Å². The highest BCUT2D eigenvalue weighted by Crippen LogP contribution is 2.30. The molecule has 4 aromatic heterocycles. The number of nitrogens with zero attached hydrogens (tertiary/aromatic N) is 9. The van der Waals surface area contributed by atoms with Crippen molar-refractivity contribution in [2.75, 3.05) is 28.7 Å². The summed E-state index contributed by atoms with van der Waals surface area (Å²) in [6.45, 7) is 3.20. The van der Waals surface area contributed by atoms with Crippen molar-refractivity contribution in [3.8, 4) is 17.2 Å². The van der Waals surface area contributed by atoms with Gasteiger partial charge in [0.05, 0.1) is 25.5 Å². The fraction of sp³-hybridized carbons (Fsp3) is 0.406. The smallest absolute Gasteiger partial charge is 0.228 e. The van der Waals surface area contributed by atoms with E-state index in [-0.39, 0.29) is 30.5 Å². The molecule has 0 aromatic carbocycles. The quantitative estimate of drug-likeness (QED) is 0.254. The van der Waals surface area contributed by atoms with Crippen LogP contribution in [0.25, 0.3) is 11.1 Å². The summed E-state index contributed by atoms with van der Waals surface area (Å²) in [5, 5.41) is 16.2. The molecule has 1 amide bonds. The number of anilines is 3. The minimum atomic E-state index is -0.0181. The molecule has 2 N–H and O–H groups in total. The van der Waals surface area contributed by atoms with E-state index in [1.54, 1.807) is 43.2 Å². The van der Waals surface area contributed by atoms with E-state index in [0.717, 1.165) is 49.1 Å². The minimum Gasteiger partial charge on any atom is -0.377 e. The third-order valence-electron chi connectivity index (χ3n) is 8.08. The molecule has 5 heterocycles. The molecule has 230 valence electrons. The number of carbonyl (C=O) groups is 1. The van der Waals surface area contributed by atoms with E-state index in [9.17, 15) is 10.1 Å². The molecule has 0 unspecified atom stereocenters. The van der Waals surface area contributed by atoms with Gasteiger partial charge in [-0.15, -0.1) is 0 Å². The number of amides is 1. The van der Waals surface area contributed by atoms with E-state index < -0.39 is 0 Å². The van der Waals surface area contributed by atoms with Gasteiger partial charge in [0, 0.05) is 73.5 Å². The largest absolute Gasteiger partial charge is 0.377 e. The van der Waals surface area contributed by atoms with Crippen molar-refractivity contribution in [2.45, 2.75) is 70.0 Å². The molecule has 6 rings (SSSR count). The third kappa shape index (κ3) is 7.35. The second kappa shape index (κ2) is 14.1. The summed E-state index contributed by atoms with van der Waals surface area (Å²) >= 11 is 0. The molecular weight excluding hydrogens is 570 g/mol. The zero-order valence-corrected chi connectivity index (χ0v) is 25.1. The van der Waals surface area contributed by atoms with Crippen molar-refractivity contribution in [1.29, 1.82) is 5.26 Å². The van der Waals surface area contributed by atoms with Crippen molar-refractivity contribution < 1.29 is 9.53 Å². The monoisotopic (exact) mass is 605 g/mol. The maximum absolute atomic E-state index is 13.8. The van der Waals surface area contributed by atoms with Crippen molar-refractivity contribution in [3.05, 3.63) is 72.6 Å². The molecule has 0 spiro atoms. The molecule has 0 atom stereocenters. The Balaban J connectivity index is 1.15. The molecule has 45 heavy (non-hydrogen) atoms. The number of nitriles is 1. The lowest BCUT2D eigenvalue weighted by Crippen LogP contribution is -2.45. The van der Waals surface area contributed by atoms with Crippen molar-refractivity contribution in [2.24, 2.45) is 0 Å². The number of aromatic nitrogens is 7. The van der Waals surface area contributed by atoms with Gasteiger partial charge in [-0.25, -0.2) is 29.9 Å². The number of ether oxygens (including phenoxy) is 1.